The van der Waals surface area contributed by atoms with Crippen molar-refractivity contribution in [1.29, 1.82) is 0 Å². The zero-order chi connectivity index (χ0) is 31.3. The average Bonchev–Trinajstić information content (AvgIpc) is 3.48. The Morgan fingerprint density at radius 2 is 1.73 bits per heavy atom. The number of piperidine rings is 1. The topological polar surface area (TPSA) is 116 Å². The molecule has 0 saturated carbocycles. The molecule has 0 bridgehead atoms. The van der Waals surface area contributed by atoms with E-state index in [1.807, 2.05) is 18.2 Å². The summed E-state index contributed by atoms with van der Waals surface area (Å²) in [7, 11) is 1.66. The van der Waals surface area contributed by atoms with Crippen molar-refractivity contribution in [2.75, 3.05) is 66.8 Å². The maximum atomic E-state index is 13.9. The van der Waals surface area contributed by atoms with Crippen LogP contribution in [0.2, 0.25) is 0 Å². The van der Waals surface area contributed by atoms with Crippen molar-refractivity contribution in [2.45, 2.75) is 25.7 Å². The highest BCUT2D eigenvalue weighted by molar-refractivity contribution is 6.03. The summed E-state index contributed by atoms with van der Waals surface area (Å²) in [5.74, 6) is 1.21. The molecular weight excluding hydrogens is 577 g/mol. The van der Waals surface area contributed by atoms with Gasteiger partial charge in [-0.2, -0.15) is 4.98 Å². The second-order valence-corrected chi connectivity index (χ2v) is 11.2. The van der Waals surface area contributed by atoms with Crippen LogP contribution in [0, 0.1) is 12.7 Å². The summed E-state index contributed by atoms with van der Waals surface area (Å²) in [5.41, 5.74) is 2.45. The number of hydrogen-bond acceptors (Lipinski definition) is 8. The molecular formula is C33H36FN7O4. The number of halogens is 1. The zero-order valence-corrected chi connectivity index (χ0v) is 25.3. The number of nitrogens with one attached hydrogen (secondary N) is 2. The minimum Gasteiger partial charge on any atom is -0.497 e. The van der Waals surface area contributed by atoms with Crippen LogP contribution in [0.3, 0.4) is 0 Å². The van der Waals surface area contributed by atoms with Crippen molar-refractivity contribution >= 4 is 35.1 Å². The van der Waals surface area contributed by atoms with Gasteiger partial charge in [0.05, 0.1) is 30.4 Å². The van der Waals surface area contributed by atoms with Crippen LogP contribution in [0.4, 0.5) is 32.4 Å². The predicted molar refractivity (Wildman–Crippen MR) is 170 cm³/mol. The summed E-state index contributed by atoms with van der Waals surface area (Å²) in [4.78, 5) is 40.6. The van der Waals surface area contributed by atoms with Gasteiger partial charge < -0.3 is 34.5 Å². The highest BCUT2D eigenvalue weighted by atomic mass is 19.1. The van der Waals surface area contributed by atoms with Crippen molar-refractivity contribution in [3.05, 3.63) is 89.7 Å². The number of oxazole rings is 1. The van der Waals surface area contributed by atoms with E-state index in [2.05, 4.69) is 42.5 Å². The molecule has 12 heteroatoms. The van der Waals surface area contributed by atoms with Crippen LogP contribution in [-0.2, 0) is 0 Å². The van der Waals surface area contributed by atoms with Gasteiger partial charge in [0.1, 0.15) is 17.4 Å². The van der Waals surface area contributed by atoms with Crippen molar-refractivity contribution in [3.63, 3.8) is 0 Å². The monoisotopic (exact) mass is 613 g/mol. The molecule has 2 saturated heterocycles. The van der Waals surface area contributed by atoms with Gasteiger partial charge >= 0.3 is 6.03 Å². The number of ether oxygens (including phenoxy) is 1. The van der Waals surface area contributed by atoms with E-state index in [0.29, 0.717) is 49.5 Å². The first-order valence-electron chi connectivity index (χ1n) is 15.1. The summed E-state index contributed by atoms with van der Waals surface area (Å²) < 4.78 is 25.2. The fourth-order valence-electron chi connectivity index (χ4n) is 5.76. The van der Waals surface area contributed by atoms with Crippen LogP contribution >= 0.6 is 0 Å². The number of amides is 3. The average molecular weight is 614 g/mol. The van der Waals surface area contributed by atoms with Crippen LogP contribution in [0.5, 0.6) is 5.75 Å². The quantitative estimate of drug-likeness (QED) is 0.280. The van der Waals surface area contributed by atoms with E-state index in [4.69, 9.17) is 9.15 Å². The lowest BCUT2D eigenvalue weighted by Crippen LogP contribution is -2.50. The normalized spacial score (nSPS) is 16.8. The molecule has 11 nitrogen and oxygen atoms in total. The number of aromatic nitrogens is 2. The van der Waals surface area contributed by atoms with E-state index in [-0.39, 0.29) is 23.4 Å². The Hall–Kier alpha value is -5.13. The molecule has 3 amide bonds. The van der Waals surface area contributed by atoms with Gasteiger partial charge in [0, 0.05) is 45.2 Å². The number of piperazine rings is 1. The van der Waals surface area contributed by atoms with E-state index in [0.717, 1.165) is 37.5 Å². The van der Waals surface area contributed by atoms with E-state index in [9.17, 15) is 14.0 Å². The molecule has 1 unspecified atom stereocenters. The molecule has 0 aliphatic carbocycles. The Labute approximate surface area is 261 Å². The Morgan fingerprint density at radius 3 is 2.44 bits per heavy atom. The number of pyridine rings is 1. The summed E-state index contributed by atoms with van der Waals surface area (Å²) in [6.45, 7) is 5.40. The molecule has 45 heavy (non-hydrogen) atoms. The summed E-state index contributed by atoms with van der Waals surface area (Å²) in [6.07, 6.45) is 3.66. The van der Waals surface area contributed by atoms with Gasteiger partial charge in [-0.15, -0.1) is 0 Å². The fraction of sp³-hybridized carbons (Fsp3) is 0.333. The molecule has 4 aromatic rings. The first-order chi connectivity index (χ1) is 21.9. The Morgan fingerprint density at radius 1 is 0.956 bits per heavy atom. The number of para-hydroxylation sites is 1. The molecule has 2 aromatic heterocycles. The molecule has 2 aromatic carbocycles. The maximum absolute atomic E-state index is 13.9. The first-order valence-corrected chi connectivity index (χ1v) is 15.1. The third-order valence-electron chi connectivity index (χ3n) is 8.28. The number of methoxy groups -OCH3 is 1. The number of carbonyl (C=O) groups is 2. The van der Waals surface area contributed by atoms with Gasteiger partial charge in [-0.25, -0.2) is 14.2 Å². The van der Waals surface area contributed by atoms with Gasteiger partial charge in [-0.05, 0) is 61.7 Å². The lowest BCUT2D eigenvalue weighted by molar-refractivity contribution is 0.0996. The fourth-order valence-corrected chi connectivity index (χ4v) is 5.76. The number of carbonyl (C=O) groups excluding carboxylic acids is 2. The number of nitrogens with zero attached hydrogens (tertiary/aromatic N) is 5. The van der Waals surface area contributed by atoms with Gasteiger partial charge in [0.2, 0.25) is 5.76 Å². The lowest BCUT2D eigenvalue weighted by Gasteiger charge is -2.35. The molecule has 6 rings (SSSR count). The van der Waals surface area contributed by atoms with Gasteiger partial charge in [-0.3, -0.25) is 4.79 Å². The highest BCUT2D eigenvalue weighted by Gasteiger charge is 2.27. The number of aryl methyl sites for hydroxylation is 1. The van der Waals surface area contributed by atoms with Crippen LogP contribution in [0.25, 0.3) is 0 Å². The molecule has 2 N–H and O–H groups in total. The summed E-state index contributed by atoms with van der Waals surface area (Å²) >= 11 is 0. The van der Waals surface area contributed by atoms with Crippen LogP contribution in [-0.4, -0.2) is 73.2 Å². The molecule has 234 valence electrons. The molecule has 2 fully saturated rings. The number of urea groups is 1. The third kappa shape index (κ3) is 6.84. The SMILES string of the molecule is COc1ccc(C2CCCN(c3nc(C)c(C(=O)Nc4ccc(N5CCN(C(=O)Nc6ccccc6F)CC5)nc4)o3)C2)cc1. The van der Waals surface area contributed by atoms with Gasteiger partial charge in [0.15, 0.2) is 0 Å². The molecule has 2 aliphatic heterocycles. The minimum absolute atomic E-state index is 0.158. The van der Waals surface area contributed by atoms with Crippen LogP contribution < -0.4 is 25.2 Å². The van der Waals surface area contributed by atoms with E-state index in [1.165, 1.54) is 17.7 Å². The largest absolute Gasteiger partial charge is 0.497 e. The summed E-state index contributed by atoms with van der Waals surface area (Å²) in [6, 6.07) is 18.0. The third-order valence-corrected chi connectivity index (χ3v) is 8.28. The lowest BCUT2D eigenvalue weighted by atomic mass is 9.91. The number of hydrogen-bond donors (Lipinski definition) is 2. The second-order valence-electron chi connectivity index (χ2n) is 11.2. The molecule has 4 heterocycles. The van der Waals surface area contributed by atoms with E-state index < -0.39 is 5.82 Å². The van der Waals surface area contributed by atoms with Crippen LogP contribution in [0.15, 0.2) is 71.3 Å². The standard InChI is InChI=1S/C33H36FN7O4/c1-22-30(45-33(36-22)41-15-5-6-24(21-41)23-9-12-26(44-2)13-10-23)31(42)37-25-11-14-29(35-20-25)39-16-18-40(19-17-39)32(43)38-28-8-4-3-7-27(28)34/h3-4,7-14,20,24H,5-6,15-19,21H2,1-2H3,(H,37,42)(H,38,43). The van der Waals surface area contributed by atoms with Crippen molar-refractivity contribution in [1.82, 2.24) is 14.9 Å². The van der Waals surface area contributed by atoms with Gasteiger partial charge in [-0.1, -0.05) is 24.3 Å². The molecule has 2 aliphatic rings. The number of rotatable bonds is 7. The summed E-state index contributed by atoms with van der Waals surface area (Å²) in [5, 5.41) is 5.49. The highest BCUT2D eigenvalue weighted by Crippen LogP contribution is 2.31. The Kier molecular flexibility index (Phi) is 8.81. The minimum atomic E-state index is -0.472. The first kappa shape index (κ1) is 29.9. The Bertz CT molecular complexity index is 1640. The second kappa shape index (κ2) is 13.2. The van der Waals surface area contributed by atoms with Crippen molar-refractivity contribution in [3.8, 4) is 5.75 Å². The number of anilines is 4. The van der Waals surface area contributed by atoms with Crippen LogP contribution in [0.1, 0.15) is 40.6 Å². The predicted octanol–water partition coefficient (Wildman–Crippen LogP) is 5.52. The Balaban J connectivity index is 1.02. The van der Waals surface area contributed by atoms with Crippen molar-refractivity contribution in [2.24, 2.45) is 0 Å². The van der Waals surface area contributed by atoms with Crippen molar-refractivity contribution < 1.29 is 23.1 Å². The molecule has 1 atom stereocenters. The number of benzene rings is 2. The van der Waals surface area contributed by atoms with Gasteiger partial charge in [0.25, 0.3) is 11.9 Å². The van der Waals surface area contributed by atoms with E-state index in [1.54, 1.807) is 43.3 Å². The maximum Gasteiger partial charge on any atom is 0.322 e. The molecule has 0 radical (unpaired) electrons. The molecule has 0 spiro atoms. The zero-order valence-electron chi connectivity index (χ0n) is 25.3. The smallest absolute Gasteiger partial charge is 0.322 e. The van der Waals surface area contributed by atoms with E-state index >= 15 is 0 Å².